The van der Waals surface area contributed by atoms with Gasteiger partial charge in [-0.05, 0) is 74.2 Å². The Morgan fingerprint density at radius 2 is 1.85 bits per heavy atom. The van der Waals surface area contributed by atoms with E-state index < -0.39 is 25.5 Å². The number of aromatic nitrogens is 2. The molecule has 4 aromatic rings. The zero-order chi connectivity index (χ0) is 33.3. The van der Waals surface area contributed by atoms with Crippen LogP contribution in [-0.2, 0) is 22.6 Å². The molecule has 2 aromatic carbocycles. The standard InChI is InChI=1S/C36H40F2N4O4Si/c1-23(2)45-30-7-6-25(17-26(30)18-39)27-19-42(22-43-12-13-47(3,4)5)35-33(27)31(8-11-40-35)46-34-28(37)14-24(15-29(34)38)16-32-41-20-36(9-10-36)21-44-32/h6-8,11,14-15,17,19,23H,9-10,12-13,16,20-22H2,1-5H3. The van der Waals surface area contributed by atoms with Crippen molar-refractivity contribution in [1.82, 2.24) is 9.55 Å². The number of nitriles is 1. The highest BCUT2D eigenvalue weighted by Gasteiger charge is 2.45. The fraction of sp³-hybridized carbons (Fsp3) is 0.417. The van der Waals surface area contributed by atoms with Gasteiger partial charge in [0.2, 0.25) is 0 Å². The van der Waals surface area contributed by atoms with Crippen LogP contribution in [0.5, 0.6) is 17.2 Å². The highest BCUT2D eigenvalue weighted by atomic mass is 28.3. The highest BCUT2D eigenvalue weighted by molar-refractivity contribution is 6.76. The molecule has 246 valence electrons. The van der Waals surface area contributed by atoms with E-state index in [9.17, 15) is 5.26 Å². The van der Waals surface area contributed by atoms with Gasteiger partial charge in [0, 0.05) is 44.5 Å². The number of hydrogen-bond acceptors (Lipinski definition) is 7. The fourth-order valence-electron chi connectivity index (χ4n) is 5.54. The van der Waals surface area contributed by atoms with Gasteiger partial charge in [-0.15, -0.1) is 0 Å². The molecule has 3 heterocycles. The van der Waals surface area contributed by atoms with Gasteiger partial charge in [-0.1, -0.05) is 25.7 Å². The lowest BCUT2D eigenvalue weighted by molar-refractivity contribution is 0.0899. The Kier molecular flexibility index (Phi) is 9.09. The van der Waals surface area contributed by atoms with Crippen LogP contribution < -0.4 is 9.47 Å². The number of halogens is 2. The summed E-state index contributed by atoms with van der Waals surface area (Å²) in [6, 6.07) is 12.6. The lowest BCUT2D eigenvalue weighted by atomic mass is 10.0. The van der Waals surface area contributed by atoms with Crippen molar-refractivity contribution in [2.24, 2.45) is 10.4 Å². The molecule has 0 atom stereocenters. The van der Waals surface area contributed by atoms with Crippen LogP contribution in [0.3, 0.4) is 0 Å². The van der Waals surface area contributed by atoms with Gasteiger partial charge in [-0.3, -0.25) is 4.99 Å². The summed E-state index contributed by atoms with van der Waals surface area (Å²) in [5, 5.41) is 10.4. The van der Waals surface area contributed by atoms with Crippen LogP contribution >= 0.6 is 0 Å². The molecule has 1 fully saturated rings. The molecule has 0 saturated heterocycles. The third kappa shape index (κ3) is 7.50. The largest absolute Gasteiger partial charge is 0.490 e. The van der Waals surface area contributed by atoms with E-state index in [0.717, 1.165) is 18.9 Å². The molecule has 2 aromatic heterocycles. The van der Waals surface area contributed by atoms with Gasteiger partial charge in [-0.25, -0.2) is 13.8 Å². The number of aliphatic imine (C=N–C) groups is 1. The molecular weight excluding hydrogens is 619 g/mol. The van der Waals surface area contributed by atoms with Crippen molar-refractivity contribution >= 4 is 25.0 Å². The van der Waals surface area contributed by atoms with Crippen molar-refractivity contribution in [3.63, 3.8) is 0 Å². The summed E-state index contributed by atoms with van der Waals surface area (Å²) < 4.78 is 56.6. The van der Waals surface area contributed by atoms with Crippen molar-refractivity contribution in [1.29, 1.82) is 5.26 Å². The monoisotopic (exact) mass is 658 g/mol. The second-order valence-electron chi connectivity index (χ2n) is 14.0. The van der Waals surface area contributed by atoms with E-state index in [2.05, 4.69) is 35.7 Å². The predicted molar refractivity (Wildman–Crippen MR) is 180 cm³/mol. The maximum Gasteiger partial charge on any atom is 0.198 e. The van der Waals surface area contributed by atoms with Crippen molar-refractivity contribution in [3.8, 4) is 34.4 Å². The summed E-state index contributed by atoms with van der Waals surface area (Å²) in [5.74, 6) is -1.01. The third-order valence-electron chi connectivity index (χ3n) is 8.44. The Bertz CT molecular complexity index is 1850. The molecule has 0 unspecified atom stereocenters. The zero-order valence-electron chi connectivity index (χ0n) is 27.5. The minimum absolute atomic E-state index is 0.110. The van der Waals surface area contributed by atoms with E-state index in [1.54, 1.807) is 18.2 Å². The summed E-state index contributed by atoms with van der Waals surface area (Å²) in [7, 11) is -1.30. The molecule has 1 saturated carbocycles. The molecule has 6 rings (SSSR count). The third-order valence-corrected chi connectivity index (χ3v) is 10.1. The van der Waals surface area contributed by atoms with Crippen molar-refractivity contribution in [2.75, 3.05) is 19.8 Å². The predicted octanol–water partition coefficient (Wildman–Crippen LogP) is 8.50. The van der Waals surface area contributed by atoms with Crippen molar-refractivity contribution in [2.45, 2.75) is 71.6 Å². The maximum atomic E-state index is 15.5. The smallest absolute Gasteiger partial charge is 0.198 e. The summed E-state index contributed by atoms with van der Waals surface area (Å²) in [6.07, 6.45) is 5.71. The molecule has 0 bridgehead atoms. The zero-order valence-corrected chi connectivity index (χ0v) is 28.5. The van der Waals surface area contributed by atoms with Crippen LogP contribution in [0.1, 0.15) is 37.8 Å². The first kappa shape index (κ1) is 32.7. The number of benzene rings is 2. The summed E-state index contributed by atoms with van der Waals surface area (Å²) >= 11 is 0. The number of hydrogen-bond donors (Lipinski definition) is 0. The Hall–Kier alpha value is -4.27. The van der Waals surface area contributed by atoms with E-state index in [0.29, 0.717) is 64.7 Å². The maximum absolute atomic E-state index is 15.5. The van der Waals surface area contributed by atoms with Crippen LogP contribution in [0.2, 0.25) is 25.7 Å². The molecule has 0 N–H and O–H groups in total. The first-order chi connectivity index (χ1) is 22.4. The average molecular weight is 659 g/mol. The minimum Gasteiger partial charge on any atom is -0.490 e. The Morgan fingerprint density at radius 3 is 2.49 bits per heavy atom. The topological polar surface area (TPSA) is 90.9 Å². The molecular formula is C36H40F2N4O4Si. The molecule has 0 amide bonds. The van der Waals surface area contributed by atoms with Crippen molar-refractivity contribution in [3.05, 3.63) is 71.6 Å². The van der Waals surface area contributed by atoms with Crippen LogP contribution in [-0.4, -0.2) is 49.4 Å². The number of fused-ring (bicyclic) bond motifs is 1. The van der Waals surface area contributed by atoms with Gasteiger partial charge in [0.05, 0.1) is 30.2 Å². The number of pyridine rings is 1. The summed E-state index contributed by atoms with van der Waals surface area (Å²) in [5.41, 5.74) is 2.83. The first-order valence-electron chi connectivity index (χ1n) is 16.0. The van der Waals surface area contributed by atoms with Crippen LogP contribution in [0.4, 0.5) is 8.78 Å². The van der Waals surface area contributed by atoms with Gasteiger partial charge in [0.25, 0.3) is 0 Å². The molecule has 11 heteroatoms. The van der Waals surface area contributed by atoms with E-state index in [1.807, 2.05) is 30.7 Å². The number of rotatable bonds is 12. The average Bonchev–Trinajstić information content (AvgIpc) is 3.67. The molecule has 8 nitrogen and oxygen atoms in total. The van der Waals surface area contributed by atoms with Gasteiger partial charge in [0.1, 0.15) is 29.9 Å². The number of nitrogens with zero attached hydrogens (tertiary/aromatic N) is 4. The van der Waals surface area contributed by atoms with E-state index in [1.165, 1.54) is 18.3 Å². The second kappa shape index (κ2) is 13.1. The molecule has 1 aliphatic heterocycles. The fourth-order valence-corrected chi connectivity index (χ4v) is 6.29. The molecule has 2 aliphatic rings. The van der Waals surface area contributed by atoms with Crippen molar-refractivity contribution < 1.29 is 27.7 Å². The minimum atomic E-state index is -1.30. The Balaban J connectivity index is 1.34. The van der Waals surface area contributed by atoms with Gasteiger partial charge in [-0.2, -0.15) is 5.26 Å². The first-order valence-corrected chi connectivity index (χ1v) is 19.7. The van der Waals surface area contributed by atoms with Gasteiger partial charge in [0.15, 0.2) is 23.3 Å². The Morgan fingerprint density at radius 1 is 1.09 bits per heavy atom. The normalized spacial score (nSPS) is 15.4. The molecule has 1 spiro atoms. The number of ether oxygens (including phenoxy) is 4. The van der Waals surface area contributed by atoms with E-state index in [-0.39, 0.29) is 30.4 Å². The van der Waals surface area contributed by atoms with Crippen LogP contribution in [0.25, 0.3) is 22.2 Å². The van der Waals surface area contributed by atoms with E-state index in [4.69, 9.17) is 18.9 Å². The SMILES string of the molecule is CC(C)Oc1ccc(-c2cn(COCC[Si](C)(C)C)c3nccc(Oc4c(F)cc(CC5=NCC6(CC6)CO5)cc4F)c23)cc1C#N. The van der Waals surface area contributed by atoms with Crippen LogP contribution in [0.15, 0.2) is 53.8 Å². The lowest BCUT2D eigenvalue weighted by Crippen LogP contribution is -2.25. The van der Waals surface area contributed by atoms with Gasteiger partial charge >= 0.3 is 0 Å². The van der Waals surface area contributed by atoms with E-state index >= 15 is 8.78 Å². The summed E-state index contributed by atoms with van der Waals surface area (Å²) in [6.45, 7) is 12.8. The van der Waals surface area contributed by atoms with Gasteiger partial charge < -0.3 is 23.5 Å². The lowest BCUT2D eigenvalue weighted by Gasteiger charge is -2.21. The highest BCUT2D eigenvalue weighted by Crippen LogP contribution is 2.47. The van der Waals surface area contributed by atoms with Crippen LogP contribution in [0, 0.1) is 28.4 Å². The Labute approximate surface area is 275 Å². The molecule has 1 aliphatic carbocycles. The molecule has 47 heavy (non-hydrogen) atoms. The molecule has 0 radical (unpaired) electrons. The quantitative estimate of drug-likeness (QED) is 0.112. The second-order valence-corrected chi connectivity index (χ2v) is 19.6. The summed E-state index contributed by atoms with van der Waals surface area (Å²) in [4.78, 5) is 9.11.